The topological polar surface area (TPSA) is 59.1 Å². The Kier molecular flexibility index (Phi) is 2.71. The molecular formula is C9H14N2O2S. The van der Waals surface area contributed by atoms with Crippen molar-refractivity contribution in [3.63, 3.8) is 0 Å². The second-order valence-electron chi connectivity index (χ2n) is 2.66. The van der Waals surface area contributed by atoms with Crippen LogP contribution in [0.25, 0.3) is 0 Å². The molecule has 14 heavy (non-hydrogen) atoms. The van der Waals surface area contributed by atoms with E-state index in [-0.39, 0.29) is 16.3 Å². The van der Waals surface area contributed by atoms with E-state index in [1.54, 1.807) is 6.92 Å². The Hall–Kier alpha value is -0.940. The first-order valence-corrected chi connectivity index (χ1v) is 5.87. The predicted octanol–water partition coefficient (Wildman–Crippen LogP) is 0.595. The number of sulfone groups is 1. The van der Waals surface area contributed by atoms with E-state index in [0.29, 0.717) is 0 Å². The van der Waals surface area contributed by atoms with Crippen LogP contribution in [-0.4, -0.2) is 26.2 Å². The van der Waals surface area contributed by atoms with Gasteiger partial charge < -0.3 is 5.32 Å². The minimum absolute atomic E-state index is 0.0149. The van der Waals surface area contributed by atoms with Gasteiger partial charge in [0.05, 0.1) is 16.3 Å². The maximum Gasteiger partial charge on any atom is 0.178 e. The predicted molar refractivity (Wildman–Crippen MR) is 54.7 cm³/mol. The number of nitrogens with one attached hydrogen (secondary N) is 1. The van der Waals surface area contributed by atoms with E-state index in [4.69, 9.17) is 2.74 Å². The zero-order valence-electron chi connectivity index (χ0n) is 10.1. The summed E-state index contributed by atoms with van der Waals surface area (Å²) in [5.74, 6) is -0.0149. The maximum absolute atomic E-state index is 11.6. The van der Waals surface area contributed by atoms with Crippen LogP contribution in [0.1, 0.15) is 15.4 Å². The van der Waals surface area contributed by atoms with E-state index in [1.807, 2.05) is 0 Å². The quantitative estimate of drug-likeness (QED) is 0.800. The Balaban J connectivity index is 3.25. The molecule has 4 nitrogen and oxygen atoms in total. The standard InChI is InChI=1S/C9H14N2O2S/c1-3-14(12,13)9-4-5-11-8(6-9)7-10-2/h4-6,10H,3,7H2,1-2H3/i7D2. The molecule has 78 valence electrons. The van der Waals surface area contributed by atoms with E-state index in [9.17, 15) is 8.42 Å². The molecule has 5 heteroatoms. The van der Waals surface area contributed by atoms with Crippen LogP contribution in [0.3, 0.4) is 0 Å². The summed E-state index contributed by atoms with van der Waals surface area (Å²) in [7, 11) is -1.88. The highest BCUT2D eigenvalue weighted by atomic mass is 32.2. The van der Waals surface area contributed by atoms with Crippen molar-refractivity contribution in [1.29, 1.82) is 0 Å². The molecule has 1 N–H and O–H groups in total. The van der Waals surface area contributed by atoms with Crippen molar-refractivity contribution in [3.8, 4) is 0 Å². The van der Waals surface area contributed by atoms with Crippen molar-refractivity contribution in [2.75, 3.05) is 12.8 Å². The lowest BCUT2D eigenvalue weighted by Gasteiger charge is -2.03. The van der Waals surface area contributed by atoms with Gasteiger partial charge in [-0.15, -0.1) is 0 Å². The van der Waals surface area contributed by atoms with Crippen molar-refractivity contribution < 1.29 is 11.2 Å². The van der Waals surface area contributed by atoms with Crippen LogP contribution in [0.4, 0.5) is 0 Å². The highest BCUT2D eigenvalue weighted by molar-refractivity contribution is 7.91. The third-order valence-corrected chi connectivity index (χ3v) is 3.46. The third kappa shape index (κ3) is 2.52. The molecule has 0 unspecified atom stereocenters. The van der Waals surface area contributed by atoms with Crippen LogP contribution >= 0.6 is 0 Å². The van der Waals surface area contributed by atoms with Crippen molar-refractivity contribution in [2.45, 2.75) is 18.3 Å². The fourth-order valence-electron chi connectivity index (χ4n) is 0.968. The summed E-state index contributed by atoms with van der Waals surface area (Å²) in [5.41, 5.74) is 0.0597. The van der Waals surface area contributed by atoms with Crippen LogP contribution in [0.15, 0.2) is 23.2 Å². The Bertz CT molecular complexity index is 474. The summed E-state index contributed by atoms with van der Waals surface area (Å²) in [4.78, 5) is 3.92. The van der Waals surface area contributed by atoms with E-state index >= 15 is 0 Å². The molecule has 1 heterocycles. The van der Waals surface area contributed by atoms with E-state index in [0.717, 1.165) is 0 Å². The van der Waals surface area contributed by atoms with Crippen LogP contribution in [0, 0.1) is 0 Å². The van der Waals surface area contributed by atoms with Gasteiger partial charge in [-0.3, -0.25) is 4.98 Å². The van der Waals surface area contributed by atoms with Gasteiger partial charge in [0.1, 0.15) is 0 Å². The summed E-state index contributed by atoms with van der Waals surface area (Å²) >= 11 is 0. The minimum Gasteiger partial charge on any atom is -0.314 e. The van der Waals surface area contributed by atoms with Gasteiger partial charge in [-0.1, -0.05) is 6.92 Å². The average molecular weight is 216 g/mol. The molecule has 0 aliphatic heterocycles. The molecule has 0 fully saturated rings. The van der Waals surface area contributed by atoms with E-state index in [1.165, 1.54) is 25.4 Å². The number of hydrogen-bond donors (Lipinski definition) is 1. The van der Waals surface area contributed by atoms with Crippen LogP contribution in [0.2, 0.25) is 0 Å². The molecule has 1 aromatic rings. The lowest BCUT2D eigenvalue weighted by Crippen LogP contribution is -2.09. The van der Waals surface area contributed by atoms with Gasteiger partial charge in [0.25, 0.3) is 0 Å². The van der Waals surface area contributed by atoms with Gasteiger partial charge in [-0.2, -0.15) is 0 Å². The van der Waals surface area contributed by atoms with Gasteiger partial charge >= 0.3 is 0 Å². The highest BCUT2D eigenvalue weighted by Gasteiger charge is 2.11. The molecule has 0 aliphatic rings. The van der Waals surface area contributed by atoms with E-state index < -0.39 is 16.3 Å². The summed E-state index contributed by atoms with van der Waals surface area (Å²) in [5, 5.41) is 2.43. The smallest absolute Gasteiger partial charge is 0.178 e. The summed E-state index contributed by atoms with van der Waals surface area (Å²) in [6.45, 7) is -0.290. The number of nitrogens with zero attached hydrogens (tertiary/aromatic N) is 1. The summed E-state index contributed by atoms with van der Waals surface area (Å²) in [6.07, 6.45) is 1.30. The monoisotopic (exact) mass is 216 g/mol. The van der Waals surface area contributed by atoms with Crippen molar-refractivity contribution in [2.24, 2.45) is 0 Å². The maximum atomic E-state index is 11.6. The first kappa shape index (κ1) is 8.38. The largest absolute Gasteiger partial charge is 0.314 e. The Morgan fingerprint density at radius 3 is 2.93 bits per heavy atom. The second kappa shape index (κ2) is 4.52. The van der Waals surface area contributed by atoms with Crippen molar-refractivity contribution in [1.82, 2.24) is 10.3 Å². The number of rotatable bonds is 4. The van der Waals surface area contributed by atoms with Crippen molar-refractivity contribution >= 4 is 9.84 Å². The number of aromatic nitrogens is 1. The molecule has 0 spiro atoms. The molecule has 0 radical (unpaired) electrons. The molecular weight excluding hydrogens is 200 g/mol. The molecule has 0 saturated heterocycles. The number of hydrogen-bond acceptors (Lipinski definition) is 4. The summed E-state index contributed by atoms with van der Waals surface area (Å²) in [6, 6.07) is 2.63. The van der Waals surface area contributed by atoms with E-state index in [2.05, 4.69) is 10.3 Å². The highest BCUT2D eigenvalue weighted by Crippen LogP contribution is 2.10. The first-order chi connectivity index (χ1) is 7.33. The normalized spacial score (nSPS) is 14.7. The molecule has 0 bridgehead atoms. The van der Waals surface area contributed by atoms with Crippen molar-refractivity contribution in [3.05, 3.63) is 24.0 Å². The van der Waals surface area contributed by atoms with Crippen LogP contribution in [0.5, 0.6) is 0 Å². The lowest BCUT2D eigenvalue weighted by atomic mass is 10.3. The molecule has 0 amide bonds. The van der Waals surface area contributed by atoms with Gasteiger partial charge in [0.15, 0.2) is 9.84 Å². The average Bonchev–Trinajstić information content (AvgIpc) is 2.29. The lowest BCUT2D eigenvalue weighted by molar-refractivity contribution is 0.596. The fraction of sp³-hybridized carbons (Fsp3) is 0.444. The SMILES string of the molecule is [2H]C([2H])(NC)c1cc(S(=O)(=O)CC)ccn1. The number of pyridine rings is 1. The zero-order valence-corrected chi connectivity index (χ0v) is 8.93. The van der Waals surface area contributed by atoms with Gasteiger partial charge in [-0.25, -0.2) is 8.42 Å². The molecule has 0 aromatic carbocycles. The zero-order chi connectivity index (χ0) is 12.4. The van der Waals surface area contributed by atoms with Gasteiger partial charge in [0, 0.05) is 15.4 Å². The van der Waals surface area contributed by atoms with Gasteiger partial charge in [0.2, 0.25) is 0 Å². The molecule has 0 saturated carbocycles. The Labute approximate surface area is 87.1 Å². The molecule has 0 aliphatic carbocycles. The Morgan fingerprint density at radius 2 is 2.36 bits per heavy atom. The third-order valence-electron chi connectivity index (χ3n) is 1.72. The van der Waals surface area contributed by atoms with Crippen LogP contribution < -0.4 is 5.32 Å². The molecule has 1 rings (SSSR count). The fourth-order valence-corrected chi connectivity index (χ4v) is 1.86. The first-order valence-electron chi connectivity index (χ1n) is 5.21. The van der Waals surface area contributed by atoms with Crippen LogP contribution in [-0.2, 0) is 16.3 Å². The van der Waals surface area contributed by atoms with Gasteiger partial charge in [-0.05, 0) is 19.2 Å². The minimum atomic E-state index is -3.32. The Morgan fingerprint density at radius 1 is 1.64 bits per heavy atom. The second-order valence-corrected chi connectivity index (χ2v) is 4.93. The molecule has 1 aromatic heterocycles. The summed E-state index contributed by atoms with van der Waals surface area (Å²) < 4.78 is 38.3. The molecule has 0 atom stereocenters.